The quantitative estimate of drug-likeness (QED) is 0.625. The molecule has 0 bridgehead atoms. The highest BCUT2D eigenvalue weighted by Crippen LogP contribution is 2.09. The number of nitriles is 1. The Bertz CT molecular complexity index is 256. The van der Waals surface area contributed by atoms with Crippen molar-refractivity contribution >= 4 is 19.9 Å². The Morgan fingerprint density at radius 3 is 2.27 bits per heavy atom. The van der Waals surface area contributed by atoms with E-state index in [1.54, 1.807) is 13.0 Å². The van der Waals surface area contributed by atoms with Gasteiger partial charge >= 0.3 is 9.24 Å². The van der Waals surface area contributed by atoms with Crippen LogP contribution in [0, 0.1) is 11.3 Å². The Kier molecular flexibility index (Phi) is 3.79. The molecule has 0 aromatic rings. The molecule has 11 heavy (non-hydrogen) atoms. The number of nitrogens with zero attached hydrogens (tertiary/aromatic N) is 2. The number of halogens is 1. The van der Waals surface area contributed by atoms with Crippen LogP contribution in [0.25, 0.3) is 0 Å². The highest BCUT2D eigenvalue weighted by molar-refractivity contribution is 8.11. The maximum Gasteiger partial charge on any atom is 0.300 e. The molecule has 0 spiro atoms. The van der Waals surface area contributed by atoms with Crippen molar-refractivity contribution < 1.29 is 8.42 Å². The van der Waals surface area contributed by atoms with Crippen LogP contribution in [0.15, 0.2) is 0 Å². The van der Waals surface area contributed by atoms with Crippen molar-refractivity contribution in [1.82, 2.24) is 4.31 Å². The molecule has 0 rings (SSSR count). The molecule has 1 atom stereocenters. The maximum atomic E-state index is 10.7. The van der Waals surface area contributed by atoms with Gasteiger partial charge in [-0.3, -0.25) is 0 Å². The molecule has 0 saturated heterocycles. The van der Waals surface area contributed by atoms with E-state index in [1.165, 1.54) is 6.92 Å². The molecule has 0 N–H and O–H groups in total. The molecule has 1 unspecified atom stereocenters. The first-order valence-corrected chi connectivity index (χ1v) is 5.31. The van der Waals surface area contributed by atoms with Crippen LogP contribution in [0.2, 0.25) is 0 Å². The summed E-state index contributed by atoms with van der Waals surface area (Å²) in [6, 6.07) is 1.08. The Hall–Kier alpha value is -0.310. The first-order chi connectivity index (χ1) is 4.93. The third kappa shape index (κ3) is 3.06. The van der Waals surface area contributed by atoms with Gasteiger partial charge in [0.1, 0.15) is 6.04 Å². The molecule has 0 saturated carbocycles. The van der Waals surface area contributed by atoms with Gasteiger partial charge in [0.15, 0.2) is 0 Å². The van der Waals surface area contributed by atoms with Crippen molar-refractivity contribution in [2.24, 2.45) is 0 Å². The summed E-state index contributed by atoms with van der Waals surface area (Å²) >= 11 is 0. The van der Waals surface area contributed by atoms with E-state index < -0.39 is 15.3 Å². The summed E-state index contributed by atoms with van der Waals surface area (Å²) in [5.41, 5.74) is 0. The van der Waals surface area contributed by atoms with Gasteiger partial charge in [-0.15, -0.1) is 0 Å². The summed E-state index contributed by atoms with van der Waals surface area (Å²) in [7, 11) is 1.28. The topological polar surface area (TPSA) is 61.2 Å². The molecule has 0 aromatic carbocycles. The van der Waals surface area contributed by atoms with E-state index >= 15 is 0 Å². The summed E-state index contributed by atoms with van der Waals surface area (Å²) in [6.07, 6.45) is 0. The minimum Gasteiger partial charge on any atom is -0.197 e. The lowest BCUT2D eigenvalue weighted by molar-refractivity contribution is 0.409. The molecule has 0 fully saturated rings. The molecule has 64 valence electrons. The average Bonchev–Trinajstić information content (AvgIpc) is 1.86. The lowest BCUT2D eigenvalue weighted by Crippen LogP contribution is -2.34. The van der Waals surface area contributed by atoms with Crippen LogP contribution in [0.4, 0.5) is 0 Å². The van der Waals surface area contributed by atoms with Crippen LogP contribution >= 0.6 is 10.7 Å². The van der Waals surface area contributed by atoms with Crippen LogP contribution < -0.4 is 0 Å². The zero-order chi connectivity index (χ0) is 9.07. The fourth-order valence-electron chi connectivity index (χ4n) is 0.681. The number of hydrogen-bond acceptors (Lipinski definition) is 3. The van der Waals surface area contributed by atoms with Gasteiger partial charge in [0.25, 0.3) is 0 Å². The number of hydrogen-bond donors (Lipinski definition) is 0. The van der Waals surface area contributed by atoms with E-state index in [4.69, 9.17) is 15.9 Å². The van der Waals surface area contributed by atoms with Crippen molar-refractivity contribution in [2.75, 3.05) is 6.54 Å². The lowest BCUT2D eigenvalue weighted by Gasteiger charge is -2.17. The van der Waals surface area contributed by atoms with Gasteiger partial charge in [-0.2, -0.15) is 18.0 Å². The van der Waals surface area contributed by atoms with E-state index in [9.17, 15) is 8.42 Å². The first kappa shape index (κ1) is 10.7. The van der Waals surface area contributed by atoms with E-state index in [2.05, 4.69) is 0 Å². The van der Waals surface area contributed by atoms with Crippen LogP contribution in [0.3, 0.4) is 0 Å². The number of rotatable bonds is 3. The summed E-state index contributed by atoms with van der Waals surface area (Å²) in [4.78, 5) is 0. The van der Waals surface area contributed by atoms with Gasteiger partial charge in [0.05, 0.1) is 6.07 Å². The van der Waals surface area contributed by atoms with Crippen LogP contribution in [0.1, 0.15) is 13.8 Å². The second kappa shape index (κ2) is 3.90. The fraction of sp³-hybridized carbons (Fsp3) is 0.800. The smallest absolute Gasteiger partial charge is 0.197 e. The molecule has 0 aliphatic carbocycles. The third-order valence-corrected chi connectivity index (χ3v) is 2.88. The Balaban J connectivity index is 4.59. The summed E-state index contributed by atoms with van der Waals surface area (Å²) in [6.45, 7) is 3.30. The summed E-state index contributed by atoms with van der Waals surface area (Å²) in [5.74, 6) is 0. The molecule has 0 aliphatic rings. The minimum absolute atomic E-state index is 0.209. The van der Waals surface area contributed by atoms with E-state index in [-0.39, 0.29) is 6.54 Å². The zero-order valence-electron chi connectivity index (χ0n) is 6.28. The standard InChI is InChI=1S/C5H9ClN2O2S/c1-3-8(5(2)4-7)11(6,9)10/h5H,3H2,1-2H3. The normalized spacial score (nSPS) is 14.5. The van der Waals surface area contributed by atoms with E-state index in [0.717, 1.165) is 4.31 Å². The predicted octanol–water partition coefficient (Wildman–Crippen LogP) is 0.704. The molecule has 0 aliphatic heterocycles. The van der Waals surface area contributed by atoms with Gasteiger partial charge in [0, 0.05) is 17.2 Å². The molecule has 0 radical (unpaired) electrons. The average molecular weight is 197 g/mol. The van der Waals surface area contributed by atoms with Gasteiger partial charge in [-0.05, 0) is 6.92 Å². The van der Waals surface area contributed by atoms with Crippen molar-refractivity contribution in [3.8, 4) is 6.07 Å². The SMILES string of the molecule is CCN(C(C)C#N)S(=O)(=O)Cl. The van der Waals surface area contributed by atoms with Crippen molar-refractivity contribution in [2.45, 2.75) is 19.9 Å². The molecule has 0 aromatic heterocycles. The monoisotopic (exact) mass is 196 g/mol. The molecular weight excluding hydrogens is 188 g/mol. The highest BCUT2D eigenvalue weighted by atomic mass is 35.7. The molecular formula is C5H9ClN2O2S. The van der Waals surface area contributed by atoms with Gasteiger partial charge < -0.3 is 0 Å². The first-order valence-electron chi connectivity index (χ1n) is 3.04. The summed E-state index contributed by atoms with van der Waals surface area (Å²) < 4.78 is 22.3. The molecule has 0 heterocycles. The fourth-order valence-corrected chi connectivity index (χ4v) is 2.07. The second-order valence-electron chi connectivity index (χ2n) is 1.95. The van der Waals surface area contributed by atoms with E-state index in [1.807, 2.05) is 0 Å². The van der Waals surface area contributed by atoms with Crippen molar-refractivity contribution in [3.63, 3.8) is 0 Å². The Morgan fingerprint density at radius 1 is 1.73 bits per heavy atom. The van der Waals surface area contributed by atoms with Crippen molar-refractivity contribution in [1.29, 1.82) is 5.26 Å². The maximum absolute atomic E-state index is 10.7. The van der Waals surface area contributed by atoms with Crippen LogP contribution in [-0.2, 0) is 9.24 Å². The Labute approximate surface area is 70.9 Å². The van der Waals surface area contributed by atoms with E-state index in [0.29, 0.717) is 0 Å². The largest absolute Gasteiger partial charge is 0.300 e. The van der Waals surface area contributed by atoms with Gasteiger partial charge in [-0.1, -0.05) is 6.92 Å². The van der Waals surface area contributed by atoms with Gasteiger partial charge in [0.2, 0.25) is 0 Å². The third-order valence-electron chi connectivity index (χ3n) is 1.21. The highest BCUT2D eigenvalue weighted by Gasteiger charge is 2.22. The molecule has 6 heteroatoms. The molecule has 0 amide bonds. The van der Waals surface area contributed by atoms with Crippen LogP contribution in [-0.4, -0.2) is 25.3 Å². The van der Waals surface area contributed by atoms with Gasteiger partial charge in [-0.25, -0.2) is 0 Å². The zero-order valence-corrected chi connectivity index (χ0v) is 7.85. The van der Waals surface area contributed by atoms with Crippen LogP contribution in [0.5, 0.6) is 0 Å². The molecule has 4 nitrogen and oxygen atoms in total. The Morgan fingerprint density at radius 2 is 2.18 bits per heavy atom. The van der Waals surface area contributed by atoms with Crippen molar-refractivity contribution in [3.05, 3.63) is 0 Å². The lowest BCUT2D eigenvalue weighted by atomic mass is 10.4. The predicted molar refractivity (Wildman–Crippen MR) is 42.2 cm³/mol. The second-order valence-corrected chi connectivity index (χ2v) is 4.41. The summed E-state index contributed by atoms with van der Waals surface area (Å²) in [5, 5.41) is 8.38. The minimum atomic E-state index is -3.74.